The molecule has 4 heterocycles. The summed E-state index contributed by atoms with van der Waals surface area (Å²) in [6.45, 7) is 7.74. The Morgan fingerprint density at radius 1 is 1.27 bits per heavy atom. The Morgan fingerprint density at radius 3 is 2.89 bits per heavy atom. The molecule has 2 aliphatic heterocycles. The predicted molar refractivity (Wildman–Crippen MR) is 156 cm³/mol. The number of hydrogen-bond acceptors (Lipinski definition) is 5. The largest absolute Gasteiger partial charge is 0.381 e. The first kappa shape index (κ1) is 26.1. The first-order valence-electron chi connectivity index (χ1n) is 13.1. The van der Waals surface area contributed by atoms with Gasteiger partial charge in [-0.05, 0) is 43.2 Å². The molecule has 1 aromatic carbocycles. The van der Waals surface area contributed by atoms with Crippen LogP contribution in [0.1, 0.15) is 49.4 Å². The fourth-order valence-corrected chi connectivity index (χ4v) is 7.28. The van der Waals surface area contributed by atoms with E-state index in [9.17, 15) is 4.79 Å². The van der Waals surface area contributed by atoms with Crippen molar-refractivity contribution in [2.45, 2.75) is 59.0 Å². The lowest BCUT2D eigenvalue weighted by molar-refractivity contribution is -0.129. The molecule has 37 heavy (non-hydrogen) atoms. The Kier molecular flexibility index (Phi) is 8.09. The minimum atomic E-state index is -0.473. The standard InChI is InChI=1S/C28H37IN6O2/c1-19-8-9-23(22-15-30-33(4)17-22)26(29-3)27(19)31-28-24-18-34(20(2)36)12-10-25(24)35(32-28)16-21-7-5-6-13-37-14-11-21/h8-9,15,17,21H,3,5-7,10-14,16,18H2,1-2,4H3,(H,31,32). The first-order valence-corrected chi connectivity index (χ1v) is 15.7. The van der Waals surface area contributed by atoms with Gasteiger partial charge < -0.3 is 15.0 Å². The molecule has 2 aliphatic rings. The van der Waals surface area contributed by atoms with Gasteiger partial charge in [0.15, 0.2) is 5.82 Å². The molecule has 1 atom stereocenters. The van der Waals surface area contributed by atoms with Crippen molar-refractivity contribution in [3.63, 3.8) is 0 Å². The highest BCUT2D eigenvalue weighted by molar-refractivity contribution is 14.2. The number of ether oxygens (including phenoxy) is 1. The van der Waals surface area contributed by atoms with E-state index in [1.165, 1.54) is 33.2 Å². The van der Waals surface area contributed by atoms with Gasteiger partial charge in [-0.2, -0.15) is 10.2 Å². The lowest BCUT2D eigenvalue weighted by Gasteiger charge is -2.27. The highest BCUT2D eigenvalue weighted by Gasteiger charge is 2.28. The summed E-state index contributed by atoms with van der Waals surface area (Å²) in [4.78, 5) is 14.2. The fourth-order valence-electron chi connectivity index (χ4n) is 5.44. The number of benzene rings is 1. The number of carbonyl (C=O) groups is 1. The molecule has 1 amide bonds. The zero-order valence-electron chi connectivity index (χ0n) is 22.1. The smallest absolute Gasteiger partial charge is 0.219 e. The third-order valence-corrected chi connectivity index (χ3v) is 9.46. The minimum Gasteiger partial charge on any atom is -0.381 e. The van der Waals surface area contributed by atoms with Crippen LogP contribution in [0.5, 0.6) is 0 Å². The summed E-state index contributed by atoms with van der Waals surface area (Å²) in [6.07, 6.45) is 9.42. The summed E-state index contributed by atoms with van der Waals surface area (Å²) >= 11 is -0.473. The molecule has 0 saturated carbocycles. The summed E-state index contributed by atoms with van der Waals surface area (Å²) in [5.41, 5.74) is 6.95. The van der Waals surface area contributed by atoms with Gasteiger partial charge in [-0.3, -0.25) is 14.2 Å². The molecule has 2 aromatic heterocycles. The molecule has 1 N–H and O–H groups in total. The SMILES string of the molecule is C=Ic1c(-c2cnn(C)c2)ccc(C)c1Nc1nn(CC2CCCCOCC2)c2c1CN(C(C)=O)CC2. The number of halogens is 1. The monoisotopic (exact) mass is 616 g/mol. The van der Waals surface area contributed by atoms with E-state index >= 15 is 0 Å². The molecule has 5 rings (SSSR count). The van der Waals surface area contributed by atoms with Gasteiger partial charge in [0.2, 0.25) is 5.91 Å². The Labute approximate surface area is 229 Å². The molecule has 1 unspecified atom stereocenters. The lowest BCUT2D eigenvalue weighted by Crippen LogP contribution is -2.35. The van der Waals surface area contributed by atoms with Crippen molar-refractivity contribution in [1.29, 1.82) is 0 Å². The van der Waals surface area contributed by atoms with Crippen LogP contribution >= 0.6 is 20.7 Å². The van der Waals surface area contributed by atoms with E-state index in [2.05, 4.69) is 44.9 Å². The number of fused-ring (bicyclic) bond motifs is 1. The zero-order chi connectivity index (χ0) is 25.9. The molecule has 1 saturated heterocycles. The van der Waals surface area contributed by atoms with Crippen LogP contribution in [0.2, 0.25) is 0 Å². The number of rotatable bonds is 6. The van der Waals surface area contributed by atoms with Gasteiger partial charge in [0.25, 0.3) is 0 Å². The van der Waals surface area contributed by atoms with Crippen LogP contribution < -0.4 is 5.32 Å². The molecule has 0 spiro atoms. The second-order valence-corrected chi connectivity index (χ2v) is 12.0. The molecule has 0 bridgehead atoms. The van der Waals surface area contributed by atoms with Gasteiger partial charge in [-0.15, -0.1) is 0 Å². The molecule has 3 aromatic rings. The topological polar surface area (TPSA) is 77.2 Å². The van der Waals surface area contributed by atoms with Crippen molar-refractivity contribution in [2.75, 3.05) is 25.1 Å². The van der Waals surface area contributed by atoms with E-state index in [0.717, 1.165) is 68.2 Å². The highest BCUT2D eigenvalue weighted by Crippen LogP contribution is 2.38. The number of nitrogens with one attached hydrogen (secondary N) is 1. The summed E-state index contributed by atoms with van der Waals surface area (Å²) in [7, 11) is 1.94. The van der Waals surface area contributed by atoms with E-state index in [0.29, 0.717) is 12.5 Å². The van der Waals surface area contributed by atoms with Crippen molar-refractivity contribution in [1.82, 2.24) is 24.5 Å². The summed E-state index contributed by atoms with van der Waals surface area (Å²) in [5, 5.41) is 13.3. The van der Waals surface area contributed by atoms with Gasteiger partial charge in [0.05, 0.1) is 18.4 Å². The molecule has 8 nitrogen and oxygen atoms in total. The third-order valence-electron chi connectivity index (χ3n) is 7.58. The Balaban J connectivity index is 1.52. The maximum atomic E-state index is 12.3. The number of nitrogens with zero attached hydrogens (tertiary/aromatic N) is 5. The zero-order valence-corrected chi connectivity index (χ0v) is 24.3. The minimum absolute atomic E-state index is 0.112. The Hall–Kier alpha value is -2.53. The van der Waals surface area contributed by atoms with Crippen LogP contribution in [0.25, 0.3) is 11.1 Å². The molecule has 0 aliphatic carbocycles. The van der Waals surface area contributed by atoms with Crippen molar-refractivity contribution < 1.29 is 9.53 Å². The lowest BCUT2D eigenvalue weighted by atomic mass is 9.97. The van der Waals surface area contributed by atoms with Gasteiger partial charge in [-0.1, -0.05) is 43.8 Å². The maximum absolute atomic E-state index is 12.3. The van der Waals surface area contributed by atoms with E-state index in [4.69, 9.17) is 9.84 Å². The van der Waals surface area contributed by atoms with E-state index < -0.39 is 20.7 Å². The van der Waals surface area contributed by atoms with Gasteiger partial charge >= 0.3 is 0 Å². The Morgan fingerprint density at radius 2 is 2.14 bits per heavy atom. The van der Waals surface area contributed by atoms with Crippen LogP contribution in [0.3, 0.4) is 0 Å². The number of aromatic nitrogens is 4. The number of amides is 1. The quantitative estimate of drug-likeness (QED) is 0.394. The second kappa shape index (κ2) is 11.5. The van der Waals surface area contributed by atoms with Gasteiger partial charge in [0, 0.05) is 73.3 Å². The van der Waals surface area contributed by atoms with E-state index in [-0.39, 0.29) is 5.91 Å². The van der Waals surface area contributed by atoms with Crippen molar-refractivity contribution >= 4 is 42.7 Å². The van der Waals surface area contributed by atoms with Crippen LogP contribution in [0.15, 0.2) is 24.5 Å². The van der Waals surface area contributed by atoms with Crippen LogP contribution in [-0.4, -0.2) is 54.6 Å². The third kappa shape index (κ3) is 5.67. The van der Waals surface area contributed by atoms with Crippen molar-refractivity contribution in [2.24, 2.45) is 13.0 Å². The normalized spacial score (nSPS) is 18.2. The predicted octanol–water partition coefficient (Wildman–Crippen LogP) is 5.02. The molecule has 198 valence electrons. The molecule has 9 heteroatoms. The number of aryl methyl sites for hydroxylation is 2. The Bertz CT molecular complexity index is 1290. The second-order valence-electron chi connectivity index (χ2n) is 10.2. The maximum Gasteiger partial charge on any atom is 0.219 e. The molecular weight excluding hydrogens is 579 g/mol. The summed E-state index contributed by atoms with van der Waals surface area (Å²) in [5.74, 6) is 1.54. The summed E-state index contributed by atoms with van der Waals surface area (Å²) < 4.78 is 15.5. The highest BCUT2D eigenvalue weighted by atomic mass is 127. The van der Waals surface area contributed by atoms with E-state index in [1.807, 2.05) is 22.8 Å². The summed E-state index contributed by atoms with van der Waals surface area (Å²) in [6, 6.07) is 4.34. The molecule has 0 radical (unpaired) electrons. The molecular formula is C28H37IN6O2. The van der Waals surface area contributed by atoms with Gasteiger partial charge in [-0.25, -0.2) is 0 Å². The van der Waals surface area contributed by atoms with Gasteiger partial charge in [0.1, 0.15) is 0 Å². The molecule has 1 fully saturated rings. The first-order chi connectivity index (χ1) is 17.9. The van der Waals surface area contributed by atoms with Crippen molar-refractivity contribution in [3.05, 3.63) is 44.9 Å². The average molecular weight is 617 g/mol. The van der Waals surface area contributed by atoms with Crippen LogP contribution in [0.4, 0.5) is 11.5 Å². The van der Waals surface area contributed by atoms with Crippen LogP contribution in [-0.2, 0) is 36.1 Å². The number of hydrogen-bond donors (Lipinski definition) is 1. The number of carbonyl (C=O) groups excluding carboxylic acids is 1. The van der Waals surface area contributed by atoms with E-state index in [1.54, 1.807) is 6.92 Å². The van der Waals surface area contributed by atoms with Crippen molar-refractivity contribution in [3.8, 4) is 11.1 Å². The number of anilines is 2. The van der Waals surface area contributed by atoms with Crippen LogP contribution in [0, 0.1) is 16.4 Å². The fraction of sp³-hybridized carbons (Fsp3) is 0.500. The average Bonchev–Trinajstić information content (AvgIpc) is 3.44.